The highest BCUT2D eigenvalue weighted by molar-refractivity contribution is 5.94. The largest absolute Gasteiger partial charge is 0.545 e. The minimum absolute atomic E-state index is 0.0289. The molecule has 0 saturated carbocycles. The van der Waals surface area contributed by atoms with E-state index in [0.717, 1.165) is 12.1 Å². The Hall–Kier alpha value is -2.91. The molecule has 0 amide bonds. The molecule has 0 unspecified atom stereocenters. The number of anilines is 2. The quantitative estimate of drug-likeness (QED) is 0.822. The molecule has 0 aliphatic carbocycles. The van der Waals surface area contributed by atoms with Crippen molar-refractivity contribution in [1.29, 1.82) is 0 Å². The van der Waals surface area contributed by atoms with E-state index in [1.165, 1.54) is 13.2 Å². The zero-order valence-electron chi connectivity index (χ0n) is 13.0. The van der Waals surface area contributed by atoms with Gasteiger partial charge in [0, 0.05) is 16.9 Å². The average molecular weight is 378 g/mol. The Morgan fingerprint density at radius 2 is 1.50 bits per heavy atom. The van der Waals surface area contributed by atoms with Crippen LogP contribution in [0.25, 0.3) is 0 Å². The molecular weight excluding hydrogens is 368 g/mol. The van der Waals surface area contributed by atoms with Gasteiger partial charge >= 0.3 is 12.4 Å². The lowest BCUT2D eigenvalue weighted by Crippen LogP contribution is -2.23. The molecule has 0 fully saturated rings. The van der Waals surface area contributed by atoms with Crippen molar-refractivity contribution in [3.8, 4) is 5.75 Å². The molecule has 26 heavy (non-hydrogen) atoms. The highest BCUT2D eigenvalue weighted by Gasteiger charge is 2.37. The van der Waals surface area contributed by atoms with Crippen LogP contribution in [0.5, 0.6) is 5.75 Å². The minimum atomic E-state index is -5.02. The molecule has 2 rings (SSSR count). The van der Waals surface area contributed by atoms with E-state index in [0.29, 0.717) is 12.1 Å². The van der Waals surface area contributed by atoms with Crippen LogP contribution < -0.4 is 15.2 Å². The lowest BCUT2D eigenvalue weighted by molar-refractivity contribution is -0.254. The van der Waals surface area contributed by atoms with Crippen molar-refractivity contribution in [1.82, 2.24) is 0 Å². The van der Waals surface area contributed by atoms with Crippen molar-refractivity contribution >= 4 is 17.3 Å². The first-order valence-electron chi connectivity index (χ1n) is 6.87. The molecule has 0 radical (unpaired) electrons. The summed E-state index contributed by atoms with van der Waals surface area (Å²) in [6, 6.07) is 4.30. The number of hydrogen-bond donors (Lipinski definition) is 1. The van der Waals surface area contributed by atoms with E-state index in [1.54, 1.807) is 0 Å². The topological polar surface area (TPSA) is 61.4 Å². The van der Waals surface area contributed by atoms with Crippen molar-refractivity contribution < 1.29 is 41.0 Å². The van der Waals surface area contributed by atoms with Crippen molar-refractivity contribution in [2.24, 2.45) is 0 Å². The number of methoxy groups -OCH3 is 1. The monoisotopic (exact) mass is 378 g/mol. The fourth-order valence-electron chi connectivity index (χ4n) is 2.11. The van der Waals surface area contributed by atoms with Gasteiger partial charge in [0.2, 0.25) is 0 Å². The van der Waals surface area contributed by atoms with Gasteiger partial charge in [-0.1, -0.05) is 0 Å². The predicted octanol–water partition coefficient (Wildman–Crippen LogP) is 3.84. The molecule has 0 spiro atoms. The molecule has 4 nitrogen and oxygen atoms in total. The molecule has 1 N–H and O–H groups in total. The maximum absolute atomic E-state index is 12.9. The summed E-state index contributed by atoms with van der Waals surface area (Å²) in [5, 5.41) is 13.4. The number of nitrogens with one attached hydrogen (secondary N) is 1. The summed E-state index contributed by atoms with van der Waals surface area (Å²) in [6.07, 6.45) is -10.0. The first kappa shape index (κ1) is 19.4. The smallest absolute Gasteiger partial charge is 0.416 e. The standard InChI is InChI=1S/C16H11F6NO3/c1-26-11-2-3-13(12(7-11)14(24)25)23-10-5-8(15(17,18)19)4-9(6-10)16(20,21)22/h2-7,23H,1H3,(H,24,25)/p-1. The molecule has 2 aromatic carbocycles. The number of hydrogen-bond acceptors (Lipinski definition) is 4. The molecule has 0 heterocycles. The van der Waals surface area contributed by atoms with Gasteiger partial charge < -0.3 is 20.0 Å². The fourth-order valence-corrected chi connectivity index (χ4v) is 2.11. The number of aromatic carboxylic acids is 1. The zero-order valence-corrected chi connectivity index (χ0v) is 13.0. The van der Waals surface area contributed by atoms with Crippen molar-refractivity contribution in [3.63, 3.8) is 0 Å². The van der Waals surface area contributed by atoms with Gasteiger partial charge in [-0.3, -0.25) is 0 Å². The molecule has 0 saturated heterocycles. The van der Waals surface area contributed by atoms with E-state index in [4.69, 9.17) is 4.74 Å². The maximum atomic E-state index is 12.9. The molecule has 0 atom stereocenters. The van der Waals surface area contributed by atoms with Crippen molar-refractivity contribution in [2.75, 3.05) is 12.4 Å². The van der Waals surface area contributed by atoms with E-state index in [1.807, 2.05) is 0 Å². The Morgan fingerprint density at radius 3 is 1.92 bits per heavy atom. The van der Waals surface area contributed by atoms with Crippen LogP contribution in [0, 0.1) is 0 Å². The van der Waals surface area contributed by atoms with Gasteiger partial charge in [0.15, 0.2) is 0 Å². The normalized spacial score (nSPS) is 12.0. The van der Waals surface area contributed by atoms with E-state index in [9.17, 15) is 36.2 Å². The Morgan fingerprint density at radius 1 is 0.962 bits per heavy atom. The number of carbonyl (C=O) groups excluding carboxylic acids is 1. The van der Waals surface area contributed by atoms with Crippen LogP contribution in [0.3, 0.4) is 0 Å². The second-order valence-electron chi connectivity index (χ2n) is 5.12. The summed E-state index contributed by atoms with van der Waals surface area (Å²) in [6.45, 7) is 0. The van der Waals surface area contributed by atoms with Crippen LogP contribution in [-0.2, 0) is 12.4 Å². The number of benzene rings is 2. The van der Waals surface area contributed by atoms with Gasteiger partial charge in [0.05, 0.1) is 24.2 Å². The highest BCUT2D eigenvalue weighted by atomic mass is 19.4. The highest BCUT2D eigenvalue weighted by Crippen LogP contribution is 2.38. The molecule has 140 valence electrons. The summed E-state index contributed by atoms with van der Waals surface area (Å²) in [7, 11) is 1.25. The van der Waals surface area contributed by atoms with E-state index >= 15 is 0 Å². The van der Waals surface area contributed by atoms with Crippen LogP contribution in [0.4, 0.5) is 37.7 Å². The number of carboxylic acids is 1. The average Bonchev–Trinajstić information content (AvgIpc) is 2.53. The minimum Gasteiger partial charge on any atom is -0.545 e. The summed E-state index contributed by atoms with van der Waals surface area (Å²) in [5.41, 5.74) is -4.38. The van der Waals surface area contributed by atoms with Gasteiger partial charge in [-0.15, -0.1) is 0 Å². The fraction of sp³-hybridized carbons (Fsp3) is 0.188. The summed E-state index contributed by atoms with van der Waals surface area (Å²) in [5.74, 6) is -1.57. The third-order valence-corrected chi connectivity index (χ3v) is 3.31. The summed E-state index contributed by atoms with van der Waals surface area (Å²) < 4.78 is 82.0. The van der Waals surface area contributed by atoms with Gasteiger partial charge in [0.25, 0.3) is 0 Å². The van der Waals surface area contributed by atoms with E-state index < -0.39 is 40.7 Å². The van der Waals surface area contributed by atoms with Gasteiger partial charge in [0.1, 0.15) is 5.75 Å². The number of carbonyl (C=O) groups is 1. The molecular formula is C16H10F6NO3-. The Bertz CT molecular complexity index is 797. The van der Waals surface area contributed by atoms with Crippen LogP contribution in [0.2, 0.25) is 0 Å². The number of alkyl halides is 6. The van der Waals surface area contributed by atoms with Gasteiger partial charge in [-0.05, 0) is 36.4 Å². The third kappa shape index (κ3) is 4.38. The summed E-state index contributed by atoms with van der Waals surface area (Å²) >= 11 is 0. The first-order valence-corrected chi connectivity index (χ1v) is 6.87. The van der Waals surface area contributed by atoms with E-state index in [-0.39, 0.29) is 17.5 Å². The summed E-state index contributed by atoms with van der Waals surface area (Å²) in [4.78, 5) is 11.2. The van der Waals surface area contributed by atoms with E-state index in [2.05, 4.69) is 5.32 Å². The SMILES string of the molecule is COc1ccc(Nc2cc(C(F)(F)F)cc(C(F)(F)F)c2)c(C(=O)[O-])c1. The number of rotatable bonds is 4. The molecule has 0 aromatic heterocycles. The zero-order chi connectivity index (χ0) is 19.7. The lowest BCUT2D eigenvalue weighted by Gasteiger charge is -2.17. The molecule has 2 aromatic rings. The lowest BCUT2D eigenvalue weighted by atomic mass is 10.1. The van der Waals surface area contributed by atoms with Crippen molar-refractivity contribution in [3.05, 3.63) is 53.1 Å². The van der Waals surface area contributed by atoms with Crippen LogP contribution in [-0.4, -0.2) is 13.1 Å². The number of halogens is 6. The molecule has 10 heteroatoms. The third-order valence-electron chi connectivity index (χ3n) is 3.31. The number of carboxylic acid groups (broad SMARTS) is 1. The Kier molecular flexibility index (Phi) is 5.06. The van der Waals surface area contributed by atoms with Gasteiger partial charge in [-0.2, -0.15) is 26.3 Å². The maximum Gasteiger partial charge on any atom is 0.416 e. The number of ether oxygens (including phenoxy) is 1. The Labute approximate surface area is 143 Å². The molecule has 0 aliphatic heterocycles. The van der Waals surface area contributed by atoms with Crippen LogP contribution in [0.15, 0.2) is 36.4 Å². The van der Waals surface area contributed by atoms with Crippen LogP contribution >= 0.6 is 0 Å². The first-order chi connectivity index (χ1) is 11.9. The second-order valence-corrected chi connectivity index (χ2v) is 5.12. The van der Waals surface area contributed by atoms with Crippen molar-refractivity contribution in [2.45, 2.75) is 12.4 Å². The Balaban J connectivity index is 2.54. The van der Waals surface area contributed by atoms with Gasteiger partial charge in [-0.25, -0.2) is 0 Å². The predicted molar refractivity (Wildman–Crippen MR) is 77.1 cm³/mol. The molecule has 0 bridgehead atoms. The molecule has 0 aliphatic rings. The van der Waals surface area contributed by atoms with Crippen LogP contribution in [0.1, 0.15) is 21.5 Å². The second kappa shape index (κ2) is 6.77.